The fourth-order valence-corrected chi connectivity index (χ4v) is 2.65. The Bertz CT molecular complexity index is 875. The molecule has 1 amide bonds. The molecule has 0 saturated heterocycles. The lowest BCUT2D eigenvalue weighted by Crippen LogP contribution is -2.31. The zero-order chi connectivity index (χ0) is 18.0. The Hall–Kier alpha value is -3.02. The highest BCUT2D eigenvalue weighted by Crippen LogP contribution is 2.23. The van der Waals surface area contributed by atoms with Gasteiger partial charge in [0.25, 0.3) is 5.91 Å². The molecule has 25 heavy (non-hydrogen) atoms. The van der Waals surface area contributed by atoms with E-state index >= 15 is 0 Å². The Morgan fingerprint density at radius 3 is 2.48 bits per heavy atom. The zero-order valence-electron chi connectivity index (χ0n) is 14.9. The third kappa shape index (κ3) is 3.42. The minimum absolute atomic E-state index is 0.0465. The summed E-state index contributed by atoms with van der Waals surface area (Å²) in [5.41, 5.74) is 2.99. The van der Waals surface area contributed by atoms with Crippen LogP contribution in [-0.2, 0) is 7.05 Å². The first kappa shape index (κ1) is 16.8. The minimum Gasteiger partial charge on any atom is -0.497 e. The topological polar surface area (TPSA) is 61.1 Å². The van der Waals surface area contributed by atoms with Gasteiger partial charge in [0.2, 0.25) is 0 Å². The van der Waals surface area contributed by atoms with Gasteiger partial charge in [-0.3, -0.25) is 4.79 Å². The molecule has 1 aromatic carbocycles. The van der Waals surface area contributed by atoms with Crippen LogP contribution in [0.15, 0.2) is 48.7 Å². The third-order valence-electron chi connectivity index (χ3n) is 3.88. The van der Waals surface area contributed by atoms with Crippen molar-refractivity contribution in [3.63, 3.8) is 0 Å². The Kier molecular flexibility index (Phi) is 4.61. The Morgan fingerprint density at radius 1 is 1.20 bits per heavy atom. The number of amides is 1. The largest absolute Gasteiger partial charge is 0.497 e. The van der Waals surface area contributed by atoms with E-state index in [4.69, 9.17) is 4.74 Å². The van der Waals surface area contributed by atoms with Crippen molar-refractivity contribution in [1.29, 1.82) is 0 Å². The van der Waals surface area contributed by atoms with Crippen molar-refractivity contribution < 1.29 is 9.53 Å². The molecule has 6 heteroatoms. The highest BCUT2D eigenvalue weighted by Gasteiger charge is 2.19. The van der Waals surface area contributed by atoms with E-state index in [1.165, 1.54) is 0 Å². The first-order valence-electron chi connectivity index (χ1n) is 8.16. The predicted molar refractivity (Wildman–Crippen MR) is 97.1 cm³/mol. The van der Waals surface area contributed by atoms with E-state index in [9.17, 15) is 4.79 Å². The fourth-order valence-electron chi connectivity index (χ4n) is 2.65. The molecule has 0 radical (unpaired) electrons. The molecule has 2 heterocycles. The molecule has 0 fully saturated rings. The molecular formula is C19H22N4O2. The molecule has 0 saturated carbocycles. The predicted octanol–water partition coefficient (Wildman–Crippen LogP) is 3.02. The van der Waals surface area contributed by atoms with Gasteiger partial charge in [0.05, 0.1) is 18.5 Å². The number of nitrogens with one attached hydrogen (secondary N) is 1. The number of carbonyl (C=O) groups excluding carboxylic acids is 1. The summed E-state index contributed by atoms with van der Waals surface area (Å²) in [6.07, 6.45) is 1.95. The first-order valence-corrected chi connectivity index (χ1v) is 8.16. The number of carbonyl (C=O) groups is 1. The summed E-state index contributed by atoms with van der Waals surface area (Å²) in [6, 6.07) is 13.3. The summed E-state index contributed by atoms with van der Waals surface area (Å²) >= 11 is 0. The number of ether oxygens (including phenoxy) is 1. The van der Waals surface area contributed by atoms with Crippen LogP contribution in [0.4, 0.5) is 0 Å². The van der Waals surface area contributed by atoms with Crippen molar-refractivity contribution in [3.05, 3.63) is 54.4 Å². The number of methoxy groups -OCH3 is 1. The smallest absolute Gasteiger partial charge is 0.270 e. The molecule has 3 aromatic rings. The lowest BCUT2D eigenvalue weighted by molar-refractivity contribution is 0.0935. The highest BCUT2D eigenvalue weighted by atomic mass is 16.5. The van der Waals surface area contributed by atoms with Crippen LogP contribution in [0, 0.1) is 0 Å². The van der Waals surface area contributed by atoms with Crippen LogP contribution in [0.2, 0.25) is 0 Å². The summed E-state index contributed by atoms with van der Waals surface area (Å²) in [7, 11) is 3.58. The van der Waals surface area contributed by atoms with Gasteiger partial charge >= 0.3 is 0 Å². The van der Waals surface area contributed by atoms with Gasteiger partial charge in [0.1, 0.15) is 17.1 Å². The minimum atomic E-state index is -0.154. The van der Waals surface area contributed by atoms with Gasteiger partial charge in [-0.1, -0.05) is 0 Å². The SMILES string of the molecule is COc1ccc(-n2nc(-c3cccn3C)cc2C(=O)NC(C)C)cc1. The van der Waals surface area contributed by atoms with E-state index in [1.54, 1.807) is 11.8 Å². The van der Waals surface area contributed by atoms with Crippen molar-refractivity contribution >= 4 is 5.91 Å². The number of hydrogen-bond acceptors (Lipinski definition) is 3. The monoisotopic (exact) mass is 338 g/mol. The molecule has 0 unspecified atom stereocenters. The van der Waals surface area contributed by atoms with E-state index in [-0.39, 0.29) is 11.9 Å². The maximum atomic E-state index is 12.6. The lowest BCUT2D eigenvalue weighted by Gasteiger charge is -2.10. The van der Waals surface area contributed by atoms with Gasteiger partial charge < -0.3 is 14.6 Å². The molecule has 0 atom stereocenters. The Labute approximate surface area is 147 Å². The van der Waals surface area contributed by atoms with Gasteiger partial charge in [-0.25, -0.2) is 4.68 Å². The summed E-state index contributed by atoms with van der Waals surface area (Å²) in [6.45, 7) is 3.87. The number of hydrogen-bond donors (Lipinski definition) is 1. The molecule has 0 aliphatic rings. The van der Waals surface area contributed by atoms with Crippen LogP contribution < -0.4 is 10.1 Å². The highest BCUT2D eigenvalue weighted by molar-refractivity contribution is 5.94. The van der Waals surface area contributed by atoms with E-state index < -0.39 is 0 Å². The zero-order valence-corrected chi connectivity index (χ0v) is 14.9. The summed E-state index contributed by atoms with van der Waals surface area (Å²) in [5, 5.41) is 7.60. The molecule has 2 aromatic heterocycles. The van der Waals surface area contributed by atoms with Crippen LogP contribution >= 0.6 is 0 Å². The first-order chi connectivity index (χ1) is 12.0. The lowest BCUT2D eigenvalue weighted by atomic mass is 10.2. The maximum absolute atomic E-state index is 12.6. The van der Waals surface area contributed by atoms with Gasteiger partial charge in [0, 0.05) is 19.3 Å². The molecule has 0 aliphatic heterocycles. The molecule has 3 rings (SSSR count). The van der Waals surface area contributed by atoms with Crippen LogP contribution in [-0.4, -0.2) is 33.4 Å². The van der Waals surface area contributed by atoms with Crippen LogP contribution in [0.5, 0.6) is 5.75 Å². The molecule has 0 spiro atoms. The number of benzene rings is 1. The van der Waals surface area contributed by atoms with Crippen molar-refractivity contribution in [2.24, 2.45) is 7.05 Å². The average Bonchev–Trinajstić information content (AvgIpc) is 3.20. The Morgan fingerprint density at radius 2 is 1.92 bits per heavy atom. The number of aromatic nitrogens is 3. The third-order valence-corrected chi connectivity index (χ3v) is 3.88. The van der Waals surface area contributed by atoms with Gasteiger partial charge in [-0.05, 0) is 56.3 Å². The van der Waals surface area contributed by atoms with E-state index in [2.05, 4.69) is 10.4 Å². The molecule has 0 aliphatic carbocycles. The van der Waals surface area contributed by atoms with Crippen LogP contribution in [0.1, 0.15) is 24.3 Å². The van der Waals surface area contributed by atoms with Crippen molar-refractivity contribution in [2.75, 3.05) is 7.11 Å². The fraction of sp³-hybridized carbons (Fsp3) is 0.263. The van der Waals surface area contributed by atoms with Crippen LogP contribution in [0.25, 0.3) is 17.1 Å². The molecular weight excluding hydrogens is 316 g/mol. The number of aryl methyl sites for hydroxylation is 1. The summed E-state index contributed by atoms with van der Waals surface area (Å²) < 4.78 is 8.85. The standard InChI is InChI=1S/C19H22N4O2/c1-13(2)20-19(24)18-12-16(17-6-5-11-22(17)3)21-23(18)14-7-9-15(25-4)10-8-14/h5-13H,1-4H3,(H,20,24). The molecule has 1 N–H and O–H groups in total. The Balaban J connectivity index is 2.09. The summed E-state index contributed by atoms with van der Waals surface area (Å²) in [5.74, 6) is 0.602. The normalized spacial score (nSPS) is 10.9. The van der Waals surface area contributed by atoms with Crippen molar-refractivity contribution in [1.82, 2.24) is 19.7 Å². The molecule has 6 nitrogen and oxygen atoms in total. The second-order valence-corrected chi connectivity index (χ2v) is 6.16. The second kappa shape index (κ2) is 6.84. The van der Waals surface area contributed by atoms with E-state index in [0.29, 0.717) is 5.69 Å². The quantitative estimate of drug-likeness (QED) is 0.778. The van der Waals surface area contributed by atoms with Crippen LogP contribution in [0.3, 0.4) is 0 Å². The van der Waals surface area contributed by atoms with E-state index in [0.717, 1.165) is 22.8 Å². The van der Waals surface area contributed by atoms with Crippen molar-refractivity contribution in [2.45, 2.75) is 19.9 Å². The summed E-state index contributed by atoms with van der Waals surface area (Å²) in [4.78, 5) is 12.6. The average molecular weight is 338 g/mol. The van der Waals surface area contributed by atoms with E-state index in [1.807, 2.05) is 74.1 Å². The maximum Gasteiger partial charge on any atom is 0.270 e. The van der Waals surface area contributed by atoms with Gasteiger partial charge in [0.15, 0.2) is 0 Å². The number of rotatable bonds is 5. The van der Waals surface area contributed by atoms with Gasteiger partial charge in [-0.2, -0.15) is 5.10 Å². The second-order valence-electron chi connectivity index (χ2n) is 6.16. The van der Waals surface area contributed by atoms with Gasteiger partial charge in [-0.15, -0.1) is 0 Å². The molecule has 0 bridgehead atoms. The number of nitrogens with zero attached hydrogens (tertiary/aromatic N) is 3. The molecule has 130 valence electrons. The van der Waals surface area contributed by atoms with Crippen molar-refractivity contribution in [3.8, 4) is 22.8 Å².